The van der Waals surface area contributed by atoms with E-state index in [1.165, 1.54) is 0 Å². The molecule has 0 aromatic heterocycles. The van der Waals surface area contributed by atoms with E-state index in [2.05, 4.69) is 4.74 Å². The van der Waals surface area contributed by atoms with Crippen LogP contribution in [0.5, 0.6) is 0 Å². The average Bonchev–Trinajstić information content (AvgIpc) is 2.17. The lowest BCUT2D eigenvalue weighted by Gasteiger charge is -2.32. The Morgan fingerprint density at radius 2 is 1.93 bits per heavy atom. The van der Waals surface area contributed by atoms with Crippen LogP contribution in [-0.2, 0) is 14.3 Å². The second kappa shape index (κ2) is 4.13. The van der Waals surface area contributed by atoms with Crippen LogP contribution >= 0.6 is 11.6 Å². The highest BCUT2D eigenvalue weighted by Crippen LogP contribution is 2.43. The Kier molecular flexibility index (Phi) is 3.32. The molecule has 0 unspecified atom stereocenters. The van der Waals surface area contributed by atoms with E-state index in [0.29, 0.717) is 10.6 Å². The first-order valence-electron chi connectivity index (χ1n) is 4.61. The number of ether oxygens (including phenoxy) is 1. The zero-order valence-electron chi connectivity index (χ0n) is 8.46. The molecule has 4 heteroatoms. The summed E-state index contributed by atoms with van der Waals surface area (Å²) in [4.78, 5) is 22.6. The lowest BCUT2D eigenvalue weighted by Crippen LogP contribution is -2.33. The molecule has 0 spiro atoms. The Balaban J connectivity index is 2.77. The van der Waals surface area contributed by atoms with Crippen molar-refractivity contribution in [1.82, 2.24) is 0 Å². The molecule has 3 nitrogen and oxygen atoms in total. The quantitative estimate of drug-likeness (QED) is 0.535. The van der Waals surface area contributed by atoms with Gasteiger partial charge >= 0.3 is 5.97 Å². The van der Waals surface area contributed by atoms with Crippen LogP contribution in [0.25, 0.3) is 0 Å². The minimum Gasteiger partial charge on any atom is -0.460 e. The Bertz CT molecular complexity index is 306. The van der Waals surface area contributed by atoms with Gasteiger partial charge in [-0.3, -0.25) is 4.79 Å². The van der Waals surface area contributed by atoms with Gasteiger partial charge in [-0.2, -0.15) is 0 Å². The molecule has 14 heavy (non-hydrogen) atoms. The molecule has 0 aliphatic heterocycles. The van der Waals surface area contributed by atoms with Crippen molar-refractivity contribution < 1.29 is 14.3 Å². The maximum Gasteiger partial charge on any atom is 0.379 e. The molecule has 0 amide bonds. The molecule has 0 aromatic carbocycles. The summed E-state index contributed by atoms with van der Waals surface area (Å²) < 4.78 is 4.61. The first kappa shape index (κ1) is 11.2. The van der Waals surface area contributed by atoms with Crippen molar-refractivity contribution >= 4 is 23.4 Å². The predicted octanol–water partition coefficient (Wildman–Crippen LogP) is 1.90. The van der Waals surface area contributed by atoms with Gasteiger partial charge in [0.25, 0.3) is 5.78 Å². The van der Waals surface area contributed by atoms with Crippen LogP contribution in [0.2, 0.25) is 0 Å². The van der Waals surface area contributed by atoms with Crippen LogP contribution in [-0.4, -0.2) is 18.4 Å². The highest BCUT2D eigenvalue weighted by molar-refractivity contribution is 6.45. The third-order valence-electron chi connectivity index (χ3n) is 2.57. The Morgan fingerprint density at radius 1 is 1.36 bits per heavy atom. The monoisotopic (exact) mass is 216 g/mol. The normalized spacial score (nSPS) is 25.7. The standard InChI is InChI=1S/C10H13ClO3/c1-4-14-10(13)9(12)7-5(2)6(3)8(7)11/h5-6H,4H2,1-3H3/t5-,6-/m1/s1. The number of hydrogen-bond donors (Lipinski definition) is 0. The number of esters is 1. The molecule has 0 fully saturated rings. The number of rotatable bonds is 3. The lowest BCUT2D eigenvalue weighted by molar-refractivity contribution is -0.152. The number of allylic oxidation sites excluding steroid dienone is 1. The van der Waals surface area contributed by atoms with Crippen LogP contribution in [0.3, 0.4) is 0 Å². The maximum absolute atomic E-state index is 11.5. The number of carbonyl (C=O) groups excluding carboxylic acids is 2. The van der Waals surface area contributed by atoms with Crippen molar-refractivity contribution in [3.05, 3.63) is 10.6 Å². The minimum atomic E-state index is -0.806. The molecule has 0 saturated carbocycles. The molecule has 78 valence electrons. The van der Waals surface area contributed by atoms with Crippen molar-refractivity contribution in [3.8, 4) is 0 Å². The molecule has 0 N–H and O–H groups in total. The highest BCUT2D eigenvalue weighted by Gasteiger charge is 2.39. The maximum atomic E-state index is 11.5. The first-order chi connectivity index (χ1) is 6.50. The van der Waals surface area contributed by atoms with Gasteiger partial charge < -0.3 is 4.74 Å². The topological polar surface area (TPSA) is 43.4 Å². The molecule has 2 atom stereocenters. The van der Waals surface area contributed by atoms with Gasteiger partial charge in [0.15, 0.2) is 0 Å². The largest absolute Gasteiger partial charge is 0.460 e. The lowest BCUT2D eigenvalue weighted by atomic mass is 9.75. The Morgan fingerprint density at radius 3 is 2.36 bits per heavy atom. The summed E-state index contributed by atoms with van der Waals surface area (Å²) in [5.74, 6) is -1.17. The SMILES string of the molecule is CCOC(=O)C(=O)C1=C(Cl)[C@H](C)[C@H]1C. The number of Topliss-reactive ketones (excluding diaryl/α,β-unsaturated/α-hetero) is 1. The number of halogens is 1. The summed E-state index contributed by atoms with van der Waals surface area (Å²) in [5.41, 5.74) is 0.414. The van der Waals surface area contributed by atoms with E-state index >= 15 is 0 Å². The molecule has 0 saturated heterocycles. The van der Waals surface area contributed by atoms with E-state index in [0.717, 1.165) is 0 Å². The number of ketones is 1. The average molecular weight is 217 g/mol. The summed E-state index contributed by atoms with van der Waals surface area (Å²) in [6.07, 6.45) is 0. The third kappa shape index (κ3) is 1.69. The molecule has 1 rings (SSSR count). The molecule has 0 bridgehead atoms. The zero-order chi connectivity index (χ0) is 10.9. The van der Waals surface area contributed by atoms with Gasteiger partial charge in [-0.25, -0.2) is 4.79 Å². The van der Waals surface area contributed by atoms with Crippen molar-refractivity contribution in [1.29, 1.82) is 0 Å². The summed E-state index contributed by atoms with van der Waals surface area (Å²) in [7, 11) is 0. The van der Waals surface area contributed by atoms with Crippen LogP contribution in [0.4, 0.5) is 0 Å². The number of carbonyl (C=O) groups is 2. The molecule has 0 heterocycles. The van der Waals surface area contributed by atoms with Gasteiger partial charge in [0, 0.05) is 10.6 Å². The molecule has 0 radical (unpaired) electrons. The third-order valence-corrected chi connectivity index (χ3v) is 3.12. The second-order valence-corrected chi connectivity index (χ2v) is 3.80. The first-order valence-corrected chi connectivity index (χ1v) is 4.99. The van der Waals surface area contributed by atoms with E-state index in [1.807, 2.05) is 13.8 Å². The van der Waals surface area contributed by atoms with Crippen molar-refractivity contribution in [2.45, 2.75) is 20.8 Å². The fourth-order valence-corrected chi connectivity index (χ4v) is 1.90. The minimum absolute atomic E-state index is 0.0550. The van der Waals surface area contributed by atoms with Gasteiger partial charge in [-0.05, 0) is 18.8 Å². The van der Waals surface area contributed by atoms with Gasteiger partial charge in [-0.15, -0.1) is 0 Å². The van der Waals surface area contributed by atoms with E-state index in [9.17, 15) is 9.59 Å². The Hall–Kier alpha value is -0.830. The summed E-state index contributed by atoms with van der Waals surface area (Å²) >= 11 is 5.85. The van der Waals surface area contributed by atoms with E-state index in [1.54, 1.807) is 6.92 Å². The van der Waals surface area contributed by atoms with Gasteiger partial charge in [0.1, 0.15) is 0 Å². The van der Waals surface area contributed by atoms with Crippen LogP contribution in [0, 0.1) is 11.8 Å². The predicted molar refractivity (Wildman–Crippen MR) is 52.8 cm³/mol. The van der Waals surface area contributed by atoms with Crippen molar-refractivity contribution in [2.75, 3.05) is 6.61 Å². The van der Waals surface area contributed by atoms with Crippen molar-refractivity contribution in [2.24, 2.45) is 11.8 Å². The fourth-order valence-electron chi connectivity index (χ4n) is 1.46. The smallest absolute Gasteiger partial charge is 0.379 e. The van der Waals surface area contributed by atoms with Crippen LogP contribution < -0.4 is 0 Å². The Labute approximate surface area is 88.1 Å². The van der Waals surface area contributed by atoms with Crippen molar-refractivity contribution in [3.63, 3.8) is 0 Å². The summed E-state index contributed by atoms with van der Waals surface area (Å²) in [5, 5.41) is 0.496. The molecular weight excluding hydrogens is 204 g/mol. The second-order valence-electron chi connectivity index (χ2n) is 3.39. The van der Waals surface area contributed by atoms with Gasteiger partial charge in [-0.1, -0.05) is 25.4 Å². The zero-order valence-corrected chi connectivity index (χ0v) is 9.22. The molecular formula is C10H13ClO3. The van der Waals surface area contributed by atoms with E-state index in [-0.39, 0.29) is 18.4 Å². The molecule has 1 aliphatic rings. The molecule has 1 aliphatic carbocycles. The molecule has 0 aromatic rings. The summed E-state index contributed by atoms with van der Waals surface area (Å²) in [6.45, 7) is 5.67. The summed E-state index contributed by atoms with van der Waals surface area (Å²) in [6, 6.07) is 0. The van der Waals surface area contributed by atoms with Crippen LogP contribution in [0.1, 0.15) is 20.8 Å². The number of hydrogen-bond acceptors (Lipinski definition) is 3. The van der Waals surface area contributed by atoms with Gasteiger partial charge in [0.2, 0.25) is 0 Å². The van der Waals surface area contributed by atoms with E-state index in [4.69, 9.17) is 11.6 Å². The van der Waals surface area contributed by atoms with Gasteiger partial charge in [0.05, 0.1) is 6.61 Å². The fraction of sp³-hybridized carbons (Fsp3) is 0.600. The van der Waals surface area contributed by atoms with Crippen LogP contribution in [0.15, 0.2) is 10.6 Å². The highest BCUT2D eigenvalue weighted by atomic mass is 35.5. The van der Waals surface area contributed by atoms with E-state index < -0.39 is 11.8 Å².